The Kier molecular flexibility index (Phi) is 13.6. The number of nitrogen functional groups attached to an aromatic ring is 1. The Balaban J connectivity index is 0.000000246. The number of anilines is 2. The topological polar surface area (TPSA) is 140 Å². The molecule has 13 heteroatoms. The van der Waals surface area contributed by atoms with Crippen molar-refractivity contribution in [2.45, 2.75) is 12.8 Å². The maximum atomic E-state index is 12.6. The number of halogens is 2. The minimum Gasteiger partial charge on any atom is -0.465 e. The number of esters is 1. The Bertz CT molecular complexity index is 1850. The lowest BCUT2D eigenvalue weighted by atomic mass is 10.1. The van der Waals surface area contributed by atoms with Gasteiger partial charge >= 0.3 is 5.97 Å². The molecule has 0 fully saturated rings. The van der Waals surface area contributed by atoms with Gasteiger partial charge in [0, 0.05) is 18.7 Å². The fraction of sp³-hybridized carbons (Fsp3) is 0.143. The van der Waals surface area contributed by atoms with Gasteiger partial charge in [-0.15, -0.1) is 22.7 Å². The van der Waals surface area contributed by atoms with E-state index >= 15 is 0 Å². The fourth-order valence-electron chi connectivity index (χ4n) is 4.35. The van der Waals surface area contributed by atoms with Crippen molar-refractivity contribution in [1.29, 1.82) is 0 Å². The van der Waals surface area contributed by atoms with Crippen LogP contribution in [0.25, 0.3) is 0 Å². The molecular weight excluding hydrogens is 691 g/mol. The number of nitrogens with one attached hydrogen (secondary N) is 3. The van der Waals surface area contributed by atoms with Gasteiger partial charge in [0.2, 0.25) is 0 Å². The zero-order chi connectivity index (χ0) is 34.5. The van der Waals surface area contributed by atoms with E-state index in [1.165, 1.54) is 54.3 Å². The van der Waals surface area contributed by atoms with Crippen LogP contribution in [0, 0.1) is 0 Å². The van der Waals surface area contributed by atoms with Crippen molar-refractivity contribution in [3.05, 3.63) is 139 Å². The van der Waals surface area contributed by atoms with Gasteiger partial charge in [0.25, 0.3) is 17.7 Å². The second kappa shape index (κ2) is 18.0. The Morgan fingerprint density at radius 3 is 1.65 bits per heavy atom. The van der Waals surface area contributed by atoms with Crippen molar-refractivity contribution >= 4 is 79.6 Å². The van der Waals surface area contributed by atoms with Gasteiger partial charge in [0.1, 0.15) is 10.0 Å². The maximum absolute atomic E-state index is 12.6. The second-order valence-electron chi connectivity index (χ2n) is 10.1. The molecule has 0 saturated heterocycles. The molecule has 3 aromatic carbocycles. The van der Waals surface area contributed by atoms with Gasteiger partial charge in [0.15, 0.2) is 0 Å². The zero-order valence-electron chi connectivity index (χ0n) is 25.8. The summed E-state index contributed by atoms with van der Waals surface area (Å²) in [6, 6.07) is 28.9. The molecule has 3 amide bonds. The molecule has 0 aliphatic rings. The van der Waals surface area contributed by atoms with E-state index in [9.17, 15) is 19.2 Å². The van der Waals surface area contributed by atoms with Gasteiger partial charge < -0.3 is 26.4 Å². The molecule has 0 radical (unpaired) electrons. The van der Waals surface area contributed by atoms with E-state index in [4.69, 9.17) is 28.9 Å². The van der Waals surface area contributed by atoms with Crippen LogP contribution in [0.2, 0.25) is 8.67 Å². The van der Waals surface area contributed by atoms with Crippen LogP contribution in [-0.4, -0.2) is 43.9 Å². The average Bonchev–Trinajstić information content (AvgIpc) is 3.65. The van der Waals surface area contributed by atoms with Crippen molar-refractivity contribution in [3.8, 4) is 0 Å². The molecule has 5 rings (SSSR count). The quantitative estimate of drug-likeness (QED) is 0.105. The highest BCUT2D eigenvalue weighted by atomic mass is 35.5. The predicted molar refractivity (Wildman–Crippen MR) is 194 cm³/mol. The predicted octanol–water partition coefficient (Wildman–Crippen LogP) is 7.37. The minimum atomic E-state index is -0.485. The van der Waals surface area contributed by atoms with Crippen LogP contribution in [0.1, 0.15) is 52.6 Å². The molecule has 5 aromatic rings. The van der Waals surface area contributed by atoms with E-state index < -0.39 is 11.9 Å². The van der Waals surface area contributed by atoms with Crippen molar-refractivity contribution in [2.24, 2.45) is 0 Å². The number of thiophene rings is 2. The third-order valence-electron chi connectivity index (χ3n) is 6.80. The van der Waals surface area contributed by atoms with Gasteiger partial charge in [-0.25, -0.2) is 4.79 Å². The molecule has 0 aliphatic heterocycles. The summed E-state index contributed by atoms with van der Waals surface area (Å²) in [6.45, 7) is 1.04. The highest BCUT2D eigenvalue weighted by Crippen LogP contribution is 2.32. The third-order valence-corrected chi connectivity index (χ3v) is 9.07. The van der Waals surface area contributed by atoms with Crippen LogP contribution in [0.3, 0.4) is 0 Å². The Hall–Kier alpha value is -4.68. The molecule has 2 heterocycles. The summed E-state index contributed by atoms with van der Waals surface area (Å²) >= 11 is 14.2. The highest BCUT2D eigenvalue weighted by molar-refractivity contribution is 7.20. The normalized spacial score (nSPS) is 10.3. The van der Waals surface area contributed by atoms with E-state index in [0.29, 0.717) is 60.4 Å². The zero-order valence-corrected chi connectivity index (χ0v) is 28.9. The molecule has 0 aliphatic carbocycles. The lowest BCUT2D eigenvalue weighted by Gasteiger charge is -2.08. The summed E-state index contributed by atoms with van der Waals surface area (Å²) in [5.41, 5.74) is 9.44. The van der Waals surface area contributed by atoms with Crippen molar-refractivity contribution in [2.75, 3.05) is 31.2 Å². The van der Waals surface area contributed by atoms with Gasteiger partial charge in [0.05, 0.1) is 32.5 Å². The lowest BCUT2D eigenvalue weighted by Crippen LogP contribution is -2.26. The Morgan fingerprint density at radius 2 is 1.15 bits per heavy atom. The van der Waals surface area contributed by atoms with E-state index in [-0.39, 0.29) is 11.8 Å². The van der Waals surface area contributed by atoms with Crippen LogP contribution in [0.5, 0.6) is 0 Å². The Morgan fingerprint density at radius 1 is 0.667 bits per heavy atom. The third kappa shape index (κ3) is 10.7. The second-order valence-corrected chi connectivity index (χ2v) is 13.5. The van der Waals surface area contributed by atoms with E-state index in [1.54, 1.807) is 6.07 Å². The number of hydrogen-bond donors (Lipinski definition) is 4. The summed E-state index contributed by atoms with van der Waals surface area (Å²) in [5, 5.41) is 9.21. The smallest absolute Gasteiger partial charge is 0.337 e. The van der Waals surface area contributed by atoms with Crippen LogP contribution < -0.4 is 21.7 Å². The van der Waals surface area contributed by atoms with E-state index in [0.717, 1.165) is 23.3 Å². The molecule has 0 bridgehead atoms. The molecule has 248 valence electrons. The lowest BCUT2D eigenvalue weighted by molar-refractivity contribution is 0.0600. The largest absolute Gasteiger partial charge is 0.465 e. The Labute approximate surface area is 296 Å². The number of carbonyl (C=O) groups excluding carboxylic acids is 4. The first-order valence-electron chi connectivity index (χ1n) is 14.6. The molecule has 0 spiro atoms. The number of methoxy groups -OCH3 is 1. The summed E-state index contributed by atoms with van der Waals surface area (Å²) in [5.74, 6) is -1.39. The molecule has 0 saturated carbocycles. The number of ether oxygens (including phenoxy) is 1. The molecule has 48 heavy (non-hydrogen) atoms. The number of nitrogens with two attached hydrogens (primary N) is 1. The van der Waals surface area contributed by atoms with Crippen molar-refractivity contribution in [3.63, 3.8) is 0 Å². The van der Waals surface area contributed by atoms with E-state index in [1.807, 2.05) is 60.7 Å². The number of hydrogen-bond acceptors (Lipinski definition) is 8. The number of rotatable bonds is 11. The molecule has 0 unspecified atom stereocenters. The molecular formula is C35H32Cl2N4O5S2. The molecule has 0 atom stereocenters. The summed E-state index contributed by atoms with van der Waals surface area (Å²) in [4.78, 5) is 48.5. The molecule has 9 nitrogen and oxygen atoms in total. The van der Waals surface area contributed by atoms with Crippen LogP contribution in [-0.2, 0) is 17.6 Å². The standard InChI is InChI=1S/C22H19ClN2O4S.C13H13ClN2OS/c1-29-22(28)16-9-7-15(8-10-16)19(26)25-21-17(13-18(23)30-21)20(27)24-12-11-14-5-3-2-4-6-14;14-11-8-10(12(15)18-11)13(17)16-7-6-9-4-2-1-3-5-9/h2-10,13H,11-12H2,1H3,(H,24,27)(H,25,26);1-5,8H,6-7,15H2,(H,16,17). The van der Waals surface area contributed by atoms with Crippen molar-refractivity contribution in [1.82, 2.24) is 10.6 Å². The summed E-state index contributed by atoms with van der Waals surface area (Å²) in [6.07, 6.45) is 1.49. The fourth-order valence-corrected chi connectivity index (χ4v) is 6.47. The van der Waals surface area contributed by atoms with Crippen molar-refractivity contribution < 1.29 is 23.9 Å². The number of carbonyl (C=O) groups is 4. The molecule has 5 N–H and O–H groups in total. The van der Waals surface area contributed by atoms with Crippen LogP contribution in [0.4, 0.5) is 10.0 Å². The first-order valence-corrected chi connectivity index (χ1v) is 17.0. The maximum Gasteiger partial charge on any atom is 0.337 e. The molecule has 2 aromatic heterocycles. The minimum absolute atomic E-state index is 0.174. The van der Waals surface area contributed by atoms with Gasteiger partial charge in [-0.2, -0.15) is 0 Å². The highest BCUT2D eigenvalue weighted by Gasteiger charge is 2.19. The SMILES string of the molecule is COC(=O)c1ccc(C(=O)Nc2sc(Cl)cc2C(=O)NCCc2ccccc2)cc1.Nc1sc(Cl)cc1C(=O)NCCc1ccccc1. The first kappa shape index (κ1) is 36.2. The monoisotopic (exact) mass is 722 g/mol. The number of amides is 3. The van der Waals surface area contributed by atoms with Crippen LogP contribution >= 0.6 is 45.9 Å². The number of benzene rings is 3. The van der Waals surface area contributed by atoms with Crippen LogP contribution in [0.15, 0.2) is 97.1 Å². The first-order chi connectivity index (χ1) is 23.1. The van der Waals surface area contributed by atoms with Gasteiger partial charge in [-0.3, -0.25) is 14.4 Å². The van der Waals surface area contributed by atoms with E-state index in [2.05, 4.69) is 20.7 Å². The average molecular weight is 724 g/mol. The summed E-state index contributed by atoms with van der Waals surface area (Å²) < 4.78 is 5.56. The van der Waals surface area contributed by atoms with Gasteiger partial charge in [-0.05, 0) is 60.4 Å². The summed E-state index contributed by atoms with van der Waals surface area (Å²) in [7, 11) is 1.29. The van der Waals surface area contributed by atoms with Gasteiger partial charge in [-0.1, -0.05) is 83.9 Å².